The Balaban J connectivity index is 1.99. The average molecular weight is 327 g/mol. The smallest absolute Gasteiger partial charge is 0.327 e. The molecule has 21 heavy (non-hydrogen) atoms. The second kappa shape index (κ2) is 5.38. The number of aliphatic carboxylic acids is 1. The van der Waals surface area contributed by atoms with E-state index in [9.17, 15) is 19.5 Å². The normalized spacial score (nSPS) is 24.1. The molecule has 3 heterocycles. The molecule has 0 bridgehead atoms. The van der Waals surface area contributed by atoms with Crippen molar-refractivity contribution in [3.8, 4) is 0 Å². The molecular formula is C12H13N3O4S2. The minimum atomic E-state index is -1.05. The minimum absolute atomic E-state index is 0.0538. The number of carbonyl (C=O) groups excluding carboxylic acids is 1. The number of thioether (sulfide) groups is 2. The largest absolute Gasteiger partial charge is 0.480 e. The van der Waals surface area contributed by atoms with Crippen LogP contribution in [-0.2, 0) is 11.3 Å². The topological polar surface area (TPSA) is 92.5 Å². The van der Waals surface area contributed by atoms with Gasteiger partial charge in [0.05, 0.1) is 5.37 Å². The molecule has 0 saturated carbocycles. The summed E-state index contributed by atoms with van der Waals surface area (Å²) < 4.78 is 1.47. The maximum Gasteiger partial charge on any atom is 0.327 e. The van der Waals surface area contributed by atoms with Crippen LogP contribution in [0, 0.1) is 0 Å². The van der Waals surface area contributed by atoms with Crippen molar-refractivity contribution in [2.45, 2.75) is 30.0 Å². The molecule has 0 radical (unpaired) electrons. The summed E-state index contributed by atoms with van der Waals surface area (Å²) in [5, 5.41) is 9.55. The van der Waals surface area contributed by atoms with Crippen LogP contribution in [0.1, 0.15) is 17.3 Å². The van der Waals surface area contributed by atoms with Crippen molar-refractivity contribution >= 4 is 35.4 Å². The third-order valence-electron chi connectivity index (χ3n) is 3.53. The highest BCUT2D eigenvalue weighted by molar-refractivity contribution is 8.00. The Labute approximate surface area is 128 Å². The Bertz CT molecular complexity index is 675. The molecule has 7 nitrogen and oxygen atoms in total. The van der Waals surface area contributed by atoms with Gasteiger partial charge in [0.25, 0.3) is 11.5 Å². The first-order valence-electron chi connectivity index (χ1n) is 6.40. The van der Waals surface area contributed by atoms with Crippen LogP contribution in [0.15, 0.2) is 16.1 Å². The number of hydrogen-bond acceptors (Lipinski definition) is 6. The zero-order valence-electron chi connectivity index (χ0n) is 11.2. The van der Waals surface area contributed by atoms with Crippen molar-refractivity contribution < 1.29 is 14.7 Å². The first kappa shape index (κ1) is 14.5. The Morgan fingerprint density at radius 3 is 2.95 bits per heavy atom. The zero-order chi connectivity index (χ0) is 15.1. The van der Waals surface area contributed by atoms with E-state index in [1.54, 1.807) is 6.92 Å². The van der Waals surface area contributed by atoms with Gasteiger partial charge in [-0.15, -0.1) is 11.8 Å². The van der Waals surface area contributed by atoms with Crippen LogP contribution in [0.25, 0.3) is 0 Å². The lowest BCUT2D eigenvalue weighted by Gasteiger charge is -2.24. The van der Waals surface area contributed by atoms with Crippen molar-refractivity contribution in [3.63, 3.8) is 0 Å². The van der Waals surface area contributed by atoms with Crippen LogP contribution in [0.2, 0.25) is 0 Å². The standard InChI is InChI=1S/C12H13N3O4S2/c1-6-15(8(5-21-6)11(18)19)10(17)7-4-13-12-14(9(7)16)2-3-20-12/h4,6,8H,2-3,5H2,1H3,(H,18,19). The van der Waals surface area contributed by atoms with Gasteiger partial charge in [-0.2, -0.15) is 0 Å². The van der Waals surface area contributed by atoms with Crippen LogP contribution in [0.4, 0.5) is 0 Å². The van der Waals surface area contributed by atoms with E-state index >= 15 is 0 Å². The number of aromatic nitrogens is 2. The molecule has 2 atom stereocenters. The number of hydrogen-bond donors (Lipinski definition) is 1. The predicted octanol–water partition coefficient (Wildman–Crippen LogP) is 0.337. The fourth-order valence-electron chi connectivity index (χ4n) is 2.44. The van der Waals surface area contributed by atoms with Crippen LogP contribution in [0.5, 0.6) is 0 Å². The van der Waals surface area contributed by atoms with Gasteiger partial charge < -0.3 is 10.0 Å². The Kier molecular flexibility index (Phi) is 3.70. The molecule has 0 aromatic carbocycles. The van der Waals surface area contributed by atoms with Gasteiger partial charge >= 0.3 is 5.97 Å². The number of amides is 1. The number of carbonyl (C=O) groups is 2. The van der Waals surface area contributed by atoms with Crippen molar-refractivity contribution in [2.75, 3.05) is 11.5 Å². The number of carboxylic acids is 1. The van der Waals surface area contributed by atoms with Crippen molar-refractivity contribution in [1.29, 1.82) is 0 Å². The van der Waals surface area contributed by atoms with Crippen molar-refractivity contribution in [3.05, 3.63) is 22.1 Å². The van der Waals surface area contributed by atoms with Crippen molar-refractivity contribution in [1.82, 2.24) is 14.5 Å². The molecule has 3 rings (SSSR count). The molecule has 0 spiro atoms. The first-order chi connectivity index (χ1) is 10.0. The summed E-state index contributed by atoms with van der Waals surface area (Å²) in [6.07, 6.45) is 1.27. The summed E-state index contributed by atoms with van der Waals surface area (Å²) in [5.74, 6) is -0.514. The van der Waals surface area contributed by atoms with Crippen molar-refractivity contribution in [2.24, 2.45) is 0 Å². The van der Waals surface area contributed by atoms with Gasteiger partial charge in [-0.1, -0.05) is 11.8 Å². The summed E-state index contributed by atoms with van der Waals surface area (Å²) in [7, 11) is 0. The number of carboxylic acid groups (broad SMARTS) is 1. The first-order valence-corrected chi connectivity index (χ1v) is 8.44. The molecule has 1 aromatic rings. The Morgan fingerprint density at radius 1 is 1.48 bits per heavy atom. The van der Waals surface area contributed by atoms with Gasteiger partial charge in [0, 0.05) is 24.2 Å². The lowest BCUT2D eigenvalue weighted by molar-refractivity contribution is -0.141. The fourth-order valence-corrected chi connectivity index (χ4v) is 4.53. The lowest BCUT2D eigenvalue weighted by atomic mass is 10.2. The summed E-state index contributed by atoms with van der Waals surface area (Å²) in [4.78, 5) is 41.6. The van der Waals surface area contributed by atoms with Crippen LogP contribution in [-0.4, -0.2) is 54.4 Å². The number of rotatable bonds is 2. The summed E-state index contributed by atoms with van der Waals surface area (Å²) in [6, 6.07) is -0.899. The highest BCUT2D eigenvalue weighted by atomic mass is 32.2. The maximum atomic E-state index is 12.6. The Morgan fingerprint density at radius 2 is 2.24 bits per heavy atom. The molecule has 9 heteroatoms. The molecule has 1 amide bonds. The molecule has 2 unspecified atom stereocenters. The fraction of sp³-hybridized carbons (Fsp3) is 0.500. The number of fused-ring (bicyclic) bond motifs is 1. The molecular weight excluding hydrogens is 314 g/mol. The monoisotopic (exact) mass is 327 g/mol. The number of nitrogens with zero attached hydrogens (tertiary/aromatic N) is 3. The van der Waals surface area contributed by atoms with E-state index in [-0.39, 0.29) is 16.5 Å². The van der Waals surface area contributed by atoms with E-state index in [0.29, 0.717) is 17.5 Å². The van der Waals surface area contributed by atoms with Gasteiger partial charge in [-0.25, -0.2) is 9.78 Å². The Hall–Kier alpha value is -1.48. The zero-order valence-corrected chi connectivity index (χ0v) is 12.8. The SMILES string of the molecule is CC1SCC(C(=O)O)N1C(=O)c1cnc2n(c1=O)CCS2. The van der Waals surface area contributed by atoms with Crippen LogP contribution in [0.3, 0.4) is 0 Å². The summed E-state index contributed by atoms with van der Waals surface area (Å²) >= 11 is 2.86. The van der Waals surface area contributed by atoms with Gasteiger partial charge in [-0.05, 0) is 6.92 Å². The summed E-state index contributed by atoms with van der Waals surface area (Å²) in [5.41, 5.74) is -0.440. The van der Waals surface area contributed by atoms with E-state index in [0.717, 1.165) is 5.75 Å². The second-order valence-electron chi connectivity index (χ2n) is 4.76. The molecule has 2 aliphatic heterocycles. The predicted molar refractivity (Wildman–Crippen MR) is 78.7 cm³/mol. The maximum absolute atomic E-state index is 12.6. The molecule has 112 valence electrons. The van der Waals surface area contributed by atoms with E-state index < -0.39 is 17.9 Å². The van der Waals surface area contributed by atoms with Gasteiger partial charge in [0.15, 0.2) is 5.16 Å². The molecule has 1 N–H and O–H groups in total. The molecule has 1 saturated heterocycles. The van der Waals surface area contributed by atoms with Gasteiger partial charge in [-0.3, -0.25) is 14.2 Å². The van der Waals surface area contributed by atoms with Crippen LogP contribution < -0.4 is 5.56 Å². The lowest BCUT2D eigenvalue weighted by Crippen LogP contribution is -2.46. The third kappa shape index (κ3) is 2.34. The van der Waals surface area contributed by atoms with Gasteiger partial charge in [0.2, 0.25) is 0 Å². The third-order valence-corrected chi connectivity index (χ3v) is 5.72. The van der Waals surface area contributed by atoms with Crippen LogP contribution >= 0.6 is 23.5 Å². The van der Waals surface area contributed by atoms with E-state index in [1.165, 1.54) is 39.2 Å². The highest BCUT2D eigenvalue weighted by Gasteiger charge is 2.41. The molecule has 1 fully saturated rings. The quantitative estimate of drug-likeness (QED) is 0.783. The highest BCUT2D eigenvalue weighted by Crippen LogP contribution is 2.30. The van der Waals surface area contributed by atoms with E-state index in [4.69, 9.17) is 0 Å². The van der Waals surface area contributed by atoms with Gasteiger partial charge in [0.1, 0.15) is 11.6 Å². The average Bonchev–Trinajstić information content (AvgIpc) is 3.05. The molecule has 1 aromatic heterocycles. The second-order valence-corrected chi connectivity index (χ2v) is 7.17. The molecule has 2 aliphatic rings. The minimum Gasteiger partial charge on any atom is -0.480 e. The summed E-state index contributed by atoms with van der Waals surface area (Å²) in [6.45, 7) is 2.29. The van der Waals surface area contributed by atoms with E-state index in [1.807, 2.05) is 0 Å². The van der Waals surface area contributed by atoms with E-state index in [2.05, 4.69) is 4.98 Å². The molecule has 0 aliphatic carbocycles.